The first-order valence-corrected chi connectivity index (χ1v) is 6.41. The molecule has 0 aliphatic carbocycles. The van der Waals surface area contributed by atoms with E-state index >= 15 is 0 Å². The third kappa shape index (κ3) is 6.28. The molecule has 1 rings (SSSR count). The summed E-state index contributed by atoms with van der Waals surface area (Å²) >= 11 is 1.82. The number of carbonyl (C=O) groups is 1. The minimum Gasteiger partial charge on any atom is -0.481 e. The molecule has 84 valence electrons. The van der Waals surface area contributed by atoms with Gasteiger partial charge in [-0.1, -0.05) is 25.3 Å². The number of rotatable bonds is 8. The second kappa shape index (κ2) is 7.46. The van der Waals surface area contributed by atoms with Gasteiger partial charge in [-0.25, -0.2) is 0 Å². The molecule has 0 saturated carbocycles. The summed E-state index contributed by atoms with van der Waals surface area (Å²) in [5, 5.41) is 10.6. The summed E-state index contributed by atoms with van der Waals surface area (Å²) in [6.07, 6.45) is 7.00. The largest absolute Gasteiger partial charge is 0.481 e. The summed E-state index contributed by atoms with van der Waals surface area (Å²) < 4.78 is 0. The minimum atomic E-state index is -0.673. The van der Waals surface area contributed by atoms with Gasteiger partial charge >= 0.3 is 5.97 Å². The van der Waals surface area contributed by atoms with Crippen LogP contribution in [0.3, 0.4) is 0 Å². The van der Waals surface area contributed by atoms with Crippen molar-refractivity contribution >= 4 is 17.3 Å². The Morgan fingerprint density at radius 1 is 1.20 bits per heavy atom. The van der Waals surface area contributed by atoms with Crippen LogP contribution in [0.5, 0.6) is 0 Å². The normalized spacial score (nSPS) is 10.4. The average molecular weight is 226 g/mol. The number of carboxylic acids is 1. The summed E-state index contributed by atoms with van der Waals surface area (Å²) in [6.45, 7) is 0. The lowest BCUT2D eigenvalue weighted by atomic mass is 10.1. The number of unbranched alkanes of at least 4 members (excludes halogenated alkanes) is 4. The van der Waals surface area contributed by atoms with Crippen LogP contribution in [-0.4, -0.2) is 11.1 Å². The third-order valence-corrected chi connectivity index (χ3v) is 3.33. The van der Waals surface area contributed by atoms with Crippen molar-refractivity contribution in [3.63, 3.8) is 0 Å². The molecule has 0 aromatic carbocycles. The number of hydrogen-bond acceptors (Lipinski definition) is 2. The molecule has 1 aromatic heterocycles. The van der Waals surface area contributed by atoms with E-state index in [0.29, 0.717) is 6.42 Å². The van der Waals surface area contributed by atoms with Crippen molar-refractivity contribution in [2.75, 3.05) is 0 Å². The number of carboxylic acid groups (broad SMARTS) is 1. The van der Waals surface area contributed by atoms with E-state index < -0.39 is 5.97 Å². The van der Waals surface area contributed by atoms with Gasteiger partial charge in [-0.2, -0.15) is 0 Å². The van der Waals surface area contributed by atoms with Crippen molar-refractivity contribution in [1.82, 2.24) is 0 Å². The predicted molar refractivity (Wildman–Crippen MR) is 63.4 cm³/mol. The zero-order chi connectivity index (χ0) is 10.9. The second-order valence-electron chi connectivity index (χ2n) is 3.74. The highest BCUT2D eigenvalue weighted by atomic mass is 32.1. The highest BCUT2D eigenvalue weighted by Crippen LogP contribution is 2.13. The van der Waals surface area contributed by atoms with Gasteiger partial charge in [0.05, 0.1) is 0 Å². The lowest BCUT2D eigenvalue weighted by Gasteiger charge is -1.99. The molecular formula is C12H18O2S. The quantitative estimate of drug-likeness (QED) is 0.686. The van der Waals surface area contributed by atoms with Crippen LogP contribution in [0.1, 0.15) is 43.4 Å². The first-order valence-electron chi connectivity index (χ1n) is 5.53. The van der Waals surface area contributed by atoms with Crippen LogP contribution >= 0.6 is 11.3 Å². The molecular weight excluding hydrogens is 208 g/mol. The maximum Gasteiger partial charge on any atom is 0.303 e. The van der Waals surface area contributed by atoms with Crippen molar-refractivity contribution in [3.8, 4) is 0 Å². The van der Waals surface area contributed by atoms with Crippen molar-refractivity contribution in [2.24, 2.45) is 0 Å². The first kappa shape index (κ1) is 12.2. The Morgan fingerprint density at radius 2 is 1.93 bits per heavy atom. The monoisotopic (exact) mass is 226 g/mol. The lowest BCUT2D eigenvalue weighted by Crippen LogP contribution is -1.93. The maximum absolute atomic E-state index is 10.2. The molecule has 3 heteroatoms. The highest BCUT2D eigenvalue weighted by Gasteiger charge is 1.97. The van der Waals surface area contributed by atoms with Gasteiger partial charge in [-0.15, -0.1) is 11.3 Å². The molecule has 0 fully saturated rings. The first-order chi connectivity index (χ1) is 7.29. The number of aliphatic carboxylic acids is 1. The second-order valence-corrected chi connectivity index (χ2v) is 4.77. The lowest BCUT2D eigenvalue weighted by molar-refractivity contribution is -0.137. The van der Waals surface area contributed by atoms with E-state index in [9.17, 15) is 4.79 Å². The molecule has 15 heavy (non-hydrogen) atoms. The fraction of sp³-hybridized carbons (Fsp3) is 0.583. The third-order valence-electron chi connectivity index (χ3n) is 2.39. The van der Waals surface area contributed by atoms with Gasteiger partial charge in [0.25, 0.3) is 0 Å². The highest BCUT2D eigenvalue weighted by molar-refractivity contribution is 7.09. The molecule has 0 unspecified atom stereocenters. The number of aryl methyl sites for hydroxylation is 1. The van der Waals surface area contributed by atoms with E-state index in [1.165, 1.54) is 30.6 Å². The van der Waals surface area contributed by atoms with E-state index in [4.69, 9.17) is 5.11 Å². The van der Waals surface area contributed by atoms with Crippen molar-refractivity contribution in [2.45, 2.75) is 44.9 Å². The van der Waals surface area contributed by atoms with Crippen LogP contribution in [0.25, 0.3) is 0 Å². The van der Waals surface area contributed by atoms with Crippen LogP contribution in [-0.2, 0) is 11.2 Å². The Bertz CT molecular complexity index is 267. The van der Waals surface area contributed by atoms with Gasteiger partial charge in [-0.3, -0.25) is 4.79 Å². The topological polar surface area (TPSA) is 37.3 Å². The molecule has 0 aliphatic rings. The summed E-state index contributed by atoms with van der Waals surface area (Å²) in [4.78, 5) is 11.7. The molecule has 0 amide bonds. The van der Waals surface area contributed by atoms with Gasteiger partial charge in [0.2, 0.25) is 0 Å². The SMILES string of the molecule is O=C(O)CCCCCCCc1cccs1. The van der Waals surface area contributed by atoms with Crippen LogP contribution in [0, 0.1) is 0 Å². The van der Waals surface area contributed by atoms with Crippen LogP contribution in [0.15, 0.2) is 17.5 Å². The molecule has 0 bridgehead atoms. The Morgan fingerprint density at radius 3 is 2.60 bits per heavy atom. The zero-order valence-corrected chi connectivity index (χ0v) is 9.76. The molecule has 1 aromatic rings. The molecule has 0 atom stereocenters. The van der Waals surface area contributed by atoms with Crippen molar-refractivity contribution < 1.29 is 9.90 Å². The summed E-state index contributed by atoms with van der Waals surface area (Å²) in [5.74, 6) is -0.673. The van der Waals surface area contributed by atoms with Gasteiger partial charge < -0.3 is 5.11 Å². The fourth-order valence-electron chi connectivity index (χ4n) is 1.56. The van der Waals surface area contributed by atoms with Crippen molar-refractivity contribution in [3.05, 3.63) is 22.4 Å². The molecule has 1 heterocycles. The molecule has 1 N–H and O–H groups in total. The Labute approximate surface area is 94.9 Å². The molecule has 0 saturated heterocycles. The molecule has 0 radical (unpaired) electrons. The van der Waals surface area contributed by atoms with E-state index in [2.05, 4.69) is 17.5 Å². The van der Waals surface area contributed by atoms with Crippen LogP contribution < -0.4 is 0 Å². The Balaban J connectivity index is 1.87. The summed E-state index contributed by atoms with van der Waals surface area (Å²) in [7, 11) is 0. The number of hydrogen-bond donors (Lipinski definition) is 1. The molecule has 2 nitrogen and oxygen atoms in total. The Kier molecular flexibility index (Phi) is 6.09. The zero-order valence-electron chi connectivity index (χ0n) is 8.95. The molecule has 0 aliphatic heterocycles. The summed E-state index contributed by atoms with van der Waals surface area (Å²) in [6, 6.07) is 4.27. The van der Waals surface area contributed by atoms with Gasteiger partial charge in [0.15, 0.2) is 0 Å². The van der Waals surface area contributed by atoms with Crippen LogP contribution in [0.4, 0.5) is 0 Å². The smallest absolute Gasteiger partial charge is 0.303 e. The van der Waals surface area contributed by atoms with Gasteiger partial charge in [0.1, 0.15) is 0 Å². The van der Waals surface area contributed by atoms with E-state index in [-0.39, 0.29) is 0 Å². The fourth-order valence-corrected chi connectivity index (χ4v) is 2.31. The van der Waals surface area contributed by atoms with Gasteiger partial charge in [-0.05, 0) is 30.7 Å². The molecule has 0 spiro atoms. The average Bonchev–Trinajstić information content (AvgIpc) is 2.68. The van der Waals surface area contributed by atoms with E-state index in [1.807, 2.05) is 11.3 Å². The van der Waals surface area contributed by atoms with Crippen LogP contribution in [0.2, 0.25) is 0 Å². The number of thiophene rings is 1. The Hall–Kier alpha value is -0.830. The van der Waals surface area contributed by atoms with Crippen molar-refractivity contribution in [1.29, 1.82) is 0 Å². The minimum absolute atomic E-state index is 0.324. The van der Waals surface area contributed by atoms with Gasteiger partial charge in [0, 0.05) is 11.3 Å². The van der Waals surface area contributed by atoms with E-state index in [0.717, 1.165) is 12.8 Å². The van der Waals surface area contributed by atoms with E-state index in [1.54, 1.807) is 0 Å². The summed E-state index contributed by atoms with van der Waals surface area (Å²) in [5.41, 5.74) is 0. The maximum atomic E-state index is 10.2. The predicted octanol–water partition coefficient (Wildman–Crippen LogP) is 3.72. The standard InChI is InChI=1S/C12H18O2S/c13-12(14)9-5-3-1-2-4-7-11-8-6-10-15-11/h6,8,10H,1-5,7,9H2,(H,13,14).